The van der Waals surface area contributed by atoms with Gasteiger partial charge in [-0.25, -0.2) is 12.7 Å². The number of nitrogens with zero attached hydrogens (tertiary/aromatic N) is 2. The number of aromatic nitrogens is 1. The molecule has 0 spiro atoms. The van der Waals surface area contributed by atoms with Crippen LogP contribution in [0.5, 0.6) is 0 Å². The fraction of sp³-hybridized carbons (Fsp3) is 0.538. The van der Waals surface area contributed by atoms with E-state index >= 15 is 0 Å². The molecule has 8 heteroatoms. The van der Waals surface area contributed by atoms with Crippen LogP contribution in [0.3, 0.4) is 0 Å². The van der Waals surface area contributed by atoms with E-state index in [0.717, 1.165) is 12.7 Å². The number of piperidine rings is 1. The van der Waals surface area contributed by atoms with Crippen molar-refractivity contribution in [1.82, 2.24) is 14.2 Å². The zero-order valence-corrected chi connectivity index (χ0v) is 12.9. The molecule has 0 saturated carbocycles. The van der Waals surface area contributed by atoms with Crippen molar-refractivity contribution in [2.24, 2.45) is 7.05 Å². The fourth-order valence-electron chi connectivity index (χ4n) is 2.32. The number of aryl methyl sites for hydroxylation is 1. The van der Waals surface area contributed by atoms with Gasteiger partial charge in [0, 0.05) is 44.0 Å². The summed E-state index contributed by atoms with van der Waals surface area (Å²) < 4.78 is 25.8. The lowest BCUT2D eigenvalue weighted by Crippen LogP contribution is -2.49. The maximum Gasteiger partial charge on any atom is 0.251 e. The quantitative estimate of drug-likeness (QED) is 0.818. The molecule has 21 heavy (non-hydrogen) atoms. The Kier molecular flexibility index (Phi) is 4.48. The molecule has 0 radical (unpaired) electrons. The summed E-state index contributed by atoms with van der Waals surface area (Å²) in [7, 11) is -1.64. The minimum absolute atomic E-state index is 0.231. The van der Waals surface area contributed by atoms with Crippen LogP contribution in [0, 0.1) is 0 Å². The van der Waals surface area contributed by atoms with Crippen LogP contribution in [0.2, 0.25) is 0 Å². The van der Waals surface area contributed by atoms with Crippen molar-refractivity contribution in [3.8, 4) is 0 Å². The van der Waals surface area contributed by atoms with E-state index in [-0.39, 0.29) is 29.6 Å². The van der Waals surface area contributed by atoms with Crippen LogP contribution in [0.1, 0.15) is 23.2 Å². The molecule has 0 aromatic carbocycles. The molecule has 2 rings (SSSR count). The molecular formula is C13H19N3O4S. The molecule has 1 aromatic rings. The summed E-state index contributed by atoms with van der Waals surface area (Å²) in [5.41, 5.74) is 0.0265. The van der Waals surface area contributed by atoms with Crippen LogP contribution < -0.4 is 10.9 Å². The molecule has 2 heterocycles. The van der Waals surface area contributed by atoms with Crippen molar-refractivity contribution in [3.63, 3.8) is 0 Å². The number of nitrogens with one attached hydrogen (secondary N) is 1. The third-order valence-corrected chi connectivity index (χ3v) is 4.82. The van der Waals surface area contributed by atoms with Gasteiger partial charge in [-0.15, -0.1) is 0 Å². The van der Waals surface area contributed by atoms with E-state index in [4.69, 9.17) is 0 Å². The van der Waals surface area contributed by atoms with Gasteiger partial charge >= 0.3 is 0 Å². The molecule has 1 aromatic heterocycles. The summed E-state index contributed by atoms with van der Waals surface area (Å²) >= 11 is 0. The normalized spacial score (nSPS) is 20.2. The second-order valence-electron chi connectivity index (χ2n) is 5.30. The van der Waals surface area contributed by atoms with Gasteiger partial charge in [0.05, 0.1) is 6.26 Å². The van der Waals surface area contributed by atoms with Gasteiger partial charge in [-0.1, -0.05) is 0 Å². The minimum Gasteiger partial charge on any atom is -0.348 e. The Labute approximate surface area is 123 Å². The van der Waals surface area contributed by atoms with Crippen LogP contribution in [0.25, 0.3) is 0 Å². The molecular weight excluding hydrogens is 294 g/mol. The number of amides is 1. The maximum atomic E-state index is 12.1. The van der Waals surface area contributed by atoms with Crippen molar-refractivity contribution in [3.05, 3.63) is 34.2 Å². The predicted octanol–water partition coefficient (Wildman–Crippen LogP) is -0.461. The van der Waals surface area contributed by atoms with Crippen molar-refractivity contribution < 1.29 is 13.2 Å². The van der Waals surface area contributed by atoms with Gasteiger partial charge in [0.1, 0.15) is 0 Å². The lowest BCUT2D eigenvalue weighted by Gasteiger charge is -2.31. The molecule has 1 unspecified atom stereocenters. The number of hydrogen-bond acceptors (Lipinski definition) is 4. The van der Waals surface area contributed by atoms with Gasteiger partial charge in [0.25, 0.3) is 11.5 Å². The maximum absolute atomic E-state index is 12.1. The Balaban J connectivity index is 2.05. The topological polar surface area (TPSA) is 88.5 Å². The molecule has 0 aliphatic carbocycles. The van der Waals surface area contributed by atoms with E-state index in [2.05, 4.69) is 5.32 Å². The summed E-state index contributed by atoms with van der Waals surface area (Å²) in [6, 6.07) is 2.60. The predicted molar refractivity (Wildman–Crippen MR) is 78.6 cm³/mol. The summed E-state index contributed by atoms with van der Waals surface area (Å²) in [6.45, 7) is 0.756. The van der Waals surface area contributed by atoms with Gasteiger partial charge < -0.3 is 9.88 Å². The lowest BCUT2D eigenvalue weighted by molar-refractivity contribution is 0.0921. The van der Waals surface area contributed by atoms with Gasteiger partial charge in [0.15, 0.2) is 0 Å². The Morgan fingerprint density at radius 3 is 2.76 bits per heavy atom. The van der Waals surface area contributed by atoms with E-state index in [1.165, 1.54) is 21.1 Å². The van der Waals surface area contributed by atoms with Crippen LogP contribution >= 0.6 is 0 Å². The van der Waals surface area contributed by atoms with Gasteiger partial charge in [-0.3, -0.25) is 9.59 Å². The largest absolute Gasteiger partial charge is 0.348 e. The highest BCUT2D eigenvalue weighted by Gasteiger charge is 2.27. The summed E-state index contributed by atoms with van der Waals surface area (Å²) in [5, 5.41) is 2.79. The average Bonchev–Trinajstić information content (AvgIpc) is 2.41. The van der Waals surface area contributed by atoms with Crippen LogP contribution in [-0.4, -0.2) is 48.6 Å². The molecule has 1 atom stereocenters. The third-order valence-electron chi connectivity index (χ3n) is 3.55. The number of pyridine rings is 1. The number of rotatable bonds is 3. The third kappa shape index (κ3) is 3.92. The van der Waals surface area contributed by atoms with Crippen LogP contribution in [0.15, 0.2) is 23.1 Å². The first kappa shape index (κ1) is 15.7. The van der Waals surface area contributed by atoms with Crippen LogP contribution in [-0.2, 0) is 17.1 Å². The van der Waals surface area contributed by atoms with E-state index in [0.29, 0.717) is 13.0 Å². The highest BCUT2D eigenvalue weighted by atomic mass is 32.2. The van der Waals surface area contributed by atoms with Crippen molar-refractivity contribution in [1.29, 1.82) is 0 Å². The highest BCUT2D eigenvalue weighted by molar-refractivity contribution is 7.88. The standard InChI is InChI=1S/C13H19N3O4S/c1-15-7-5-10(8-12(15)17)13(18)14-11-4-3-6-16(9-11)21(2,19)20/h5,7-8,11H,3-4,6,9H2,1-2H3,(H,14,18). The zero-order chi connectivity index (χ0) is 15.6. The Bertz CT molecular complexity index is 696. The monoisotopic (exact) mass is 313 g/mol. The smallest absolute Gasteiger partial charge is 0.251 e. The van der Waals surface area contributed by atoms with Gasteiger partial charge in [-0.2, -0.15) is 0 Å². The Hall–Kier alpha value is -1.67. The molecule has 1 N–H and O–H groups in total. The van der Waals surface area contributed by atoms with Gasteiger partial charge in [0.2, 0.25) is 10.0 Å². The average molecular weight is 313 g/mol. The molecule has 0 bridgehead atoms. The van der Waals surface area contributed by atoms with Gasteiger partial charge in [-0.05, 0) is 18.9 Å². The molecule has 1 saturated heterocycles. The second-order valence-corrected chi connectivity index (χ2v) is 7.28. The number of sulfonamides is 1. The number of carbonyl (C=O) groups excluding carboxylic acids is 1. The molecule has 1 fully saturated rings. The minimum atomic E-state index is -3.24. The SMILES string of the molecule is Cn1ccc(C(=O)NC2CCCN(S(C)(=O)=O)C2)cc1=O. The van der Waals surface area contributed by atoms with Crippen LogP contribution in [0.4, 0.5) is 0 Å². The number of hydrogen-bond donors (Lipinski definition) is 1. The van der Waals surface area contributed by atoms with Crippen molar-refractivity contribution in [2.45, 2.75) is 18.9 Å². The number of carbonyl (C=O) groups is 1. The fourth-order valence-corrected chi connectivity index (χ4v) is 3.23. The lowest BCUT2D eigenvalue weighted by atomic mass is 10.1. The molecule has 1 aliphatic heterocycles. The summed E-state index contributed by atoms with van der Waals surface area (Å²) in [5.74, 6) is -0.354. The van der Waals surface area contributed by atoms with E-state index < -0.39 is 10.0 Å². The van der Waals surface area contributed by atoms with E-state index in [1.807, 2.05) is 0 Å². The first-order valence-electron chi connectivity index (χ1n) is 6.70. The van der Waals surface area contributed by atoms with E-state index in [9.17, 15) is 18.0 Å². The van der Waals surface area contributed by atoms with E-state index in [1.54, 1.807) is 13.1 Å². The Morgan fingerprint density at radius 2 is 2.14 bits per heavy atom. The summed E-state index contributed by atoms with van der Waals surface area (Å²) in [4.78, 5) is 23.6. The Morgan fingerprint density at radius 1 is 1.43 bits per heavy atom. The zero-order valence-electron chi connectivity index (χ0n) is 12.1. The molecule has 1 aliphatic rings. The second kappa shape index (κ2) is 5.98. The molecule has 116 valence electrons. The van der Waals surface area contributed by atoms with Crippen molar-refractivity contribution >= 4 is 15.9 Å². The molecule has 7 nitrogen and oxygen atoms in total. The molecule has 1 amide bonds. The summed E-state index contributed by atoms with van der Waals surface area (Å²) in [6.07, 6.45) is 4.12. The first-order valence-corrected chi connectivity index (χ1v) is 8.55. The first-order chi connectivity index (χ1) is 9.77. The van der Waals surface area contributed by atoms with Crippen molar-refractivity contribution in [2.75, 3.05) is 19.3 Å². The highest BCUT2D eigenvalue weighted by Crippen LogP contribution is 2.13.